The van der Waals surface area contributed by atoms with Crippen LogP contribution in [0.1, 0.15) is 16.8 Å². The molecule has 1 aromatic heterocycles. The fraction of sp³-hybridized carbons (Fsp3) is 0.364. The second kappa shape index (κ2) is 7.99. The molecule has 1 saturated heterocycles. The summed E-state index contributed by atoms with van der Waals surface area (Å²) in [6.45, 7) is 4.89. The second-order valence-electron chi connectivity index (χ2n) is 8.16. The van der Waals surface area contributed by atoms with E-state index in [0.717, 1.165) is 63.0 Å². The maximum Gasteiger partial charge on any atom is 0.225 e. The van der Waals surface area contributed by atoms with Gasteiger partial charge in [-0.3, -0.25) is 0 Å². The molecule has 1 unspecified atom stereocenters. The summed E-state index contributed by atoms with van der Waals surface area (Å²) in [5.41, 5.74) is 16.9. The van der Waals surface area contributed by atoms with Gasteiger partial charge in [0.25, 0.3) is 0 Å². The molecule has 1 fully saturated rings. The first kappa shape index (κ1) is 19.5. The summed E-state index contributed by atoms with van der Waals surface area (Å²) in [5, 5.41) is 16.8. The summed E-state index contributed by atoms with van der Waals surface area (Å²) in [5.74, 6) is 1.54. The van der Waals surface area contributed by atoms with Crippen molar-refractivity contribution in [1.82, 2.24) is 25.5 Å². The summed E-state index contributed by atoms with van der Waals surface area (Å²) >= 11 is 0. The highest BCUT2D eigenvalue weighted by Crippen LogP contribution is 2.27. The maximum atomic E-state index is 10.1. The van der Waals surface area contributed by atoms with Crippen molar-refractivity contribution >= 4 is 11.6 Å². The minimum Gasteiger partial charge on any atom is -0.507 e. The van der Waals surface area contributed by atoms with E-state index in [1.54, 1.807) is 18.2 Å². The minimum atomic E-state index is 0.152. The van der Waals surface area contributed by atoms with E-state index in [9.17, 15) is 5.11 Å². The molecule has 1 atom stereocenters. The van der Waals surface area contributed by atoms with Gasteiger partial charge in [0.05, 0.1) is 17.4 Å². The number of aromatic hydroxyl groups is 1. The molecule has 4 heterocycles. The molecule has 9 heteroatoms. The summed E-state index contributed by atoms with van der Waals surface area (Å²) in [4.78, 5) is 14.0. The molecular formula is C22H28N8O. The van der Waals surface area contributed by atoms with Crippen molar-refractivity contribution in [3.05, 3.63) is 64.9 Å². The summed E-state index contributed by atoms with van der Waals surface area (Å²) < 4.78 is 0. The van der Waals surface area contributed by atoms with Crippen LogP contribution in [0.15, 0.2) is 48.1 Å². The molecule has 0 saturated carbocycles. The maximum absolute atomic E-state index is 10.1. The average Bonchev–Trinajstić information content (AvgIpc) is 2.80. The average molecular weight is 421 g/mol. The highest BCUT2D eigenvalue weighted by molar-refractivity contribution is 5.70. The zero-order chi connectivity index (χ0) is 21.4. The molecule has 1 aromatic carbocycles. The van der Waals surface area contributed by atoms with Crippen LogP contribution in [0, 0.1) is 0 Å². The van der Waals surface area contributed by atoms with Gasteiger partial charge in [0, 0.05) is 50.2 Å². The van der Waals surface area contributed by atoms with Gasteiger partial charge in [-0.05, 0) is 36.7 Å². The zero-order valence-electron chi connectivity index (χ0n) is 17.4. The van der Waals surface area contributed by atoms with E-state index in [2.05, 4.69) is 25.4 Å². The van der Waals surface area contributed by atoms with Crippen LogP contribution in [0.4, 0.5) is 5.95 Å². The Hall–Kier alpha value is -3.46. The van der Waals surface area contributed by atoms with Crippen molar-refractivity contribution in [3.63, 3.8) is 0 Å². The van der Waals surface area contributed by atoms with E-state index in [1.165, 1.54) is 5.56 Å². The van der Waals surface area contributed by atoms with Crippen molar-refractivity contribution in [2.75, 3.05) is 37.6 Å². The molecule has 5 rings (SSSR count). The Kier molecular flexibility index (Phi) is 5.03. The van der Waals surface area contributed by atoms with Crippen LogP contribution >= 0.6 is 0 Å². The minimum absolute atomic E-state index is 0.152. The van der Waals surface area contributed by atoms with Gasteiger partial charge in [0.2, 0.25) is 5.95 Å². The number of phenols is 1. The number of phenolic OH excluding ortho intramolecular Hbond substituents is 1. The number of nitrogens with one attached hydrogen (secondary N) is 2. The molecule has 3 aliphatic rings. The lowest BCUT2D eigenvalue weighted by atomic mass is 10.1. The first-order valence-corrected chi connectivity index (χ1v) is 10.7. The number of nitrogens with two attached hydrogens (primary N) is 2. The third-order valence-electron chi connectivity index (χ3n) is 6.19. The molecule has 0 radical (unpaired) electrons. The predicted molar refractivity (Wildman–Crippen MR) is 120 cm³/mol. The first-order valence-electron chi connectivity index (χ1n) is 10.7. The summed E-state index contributed by atoms with van der Waals surface area (Å²) in [7, 11) is 0. The molecule has 0 amide bonds. The van der Waals surface area contributed by atoms with Gasteiger partial charge in [0.1, 0.15) is 11.6 Å². The lowest BCUT2D eigenvalue weighted by Crippen LogP contribution is -2.59. The van der Waals surface area contributed by atoms with Crippen LogP contribution in [-0.4, -0.2) is 58.7 Å². The van der Waals surface area contributed by atoms with Gasteiger partial charge in [-0.1, -0.05) is 12.1 Å². The monoisotopic (exact) mass is 420 g/mol. The molecule has 0 aliphatic carbocycles. The number of allylic oxidation sites excluding steroid dienone is 1. The fourth-order valence-electron chi connectivity index (χ4n) is 4.48. The lowest BCUT2D eigenvalue weighted by Gasteiger charge is -2.46. The number of piperazine rings is 1. The van der Waals surface area contributed by atoms with E-state index in [0.29, 0.717) is 17.1 Å². The van der Waals surface area contributed by atoms with Gasteiger partial charge in [0.15, 0.2) is 0 Å². The molecule has 9 nitrogen and oxygen atoms in total. The first-order chi connectivity index (χ1) is 15.1. The zero-order valence-corrected chi connectivity index (χ0v) is 17.4. The lowest BCUT2D eigenvalue weighted by molar-refractivity contribution is 0.211. The van der Waals surface area contributed by atoms with Crippen LogP contribution in [0.5, 0.6) is 5.75 Å². The number of rotatable bonds is 3. The van der Waals surface area contributed by atoms with Gasteiger partial charge in [-0.25, -0.2) is 9.97 Å². The molecule has 0 spiro atoms. The van der Waals surface area contributed by atoms with Crippen LogP contribution < -0.4 is 27.0 Å². The number of hydrogen-bond acceptors (Lipinski definition) is 9. The number of hydrogen-bond donors (Lipinski definition) is 5. The van der Waals surface area contributed by atoms with Gasteiger partial charge < -0.3 is 37.0 Å². The molecule has 7 N–H and O–H groups in total. The third kappa shape index (κ3) is 3.72. The molecule has 162 valence electrons. The van der Waals surface area contributed by atoms with Crippen LogP contribution in [0.25, 0.3) is 5.70 Å². The SMILES string of the molecule is NC1=C(/C=C(\N)c2ccccc2O)N2CCN(c3ncc4c(n3)CNCC4)CC2CN1. The van der Waals surface area contributed by atoms with Crippen molar-refractivity contribution in [2.45, 2.75) is 19.0 Å². The normalized spacial score (nSPS) is 21.4. The van der Waals surface area contributed by atoms with E-state index < -0.39 is 0 Å². The Bertz CT molecular complexity index is 1050. The van der Waals surface area contributed by atoms with Gasteiger partial charge in [-0.2, -0.15) is 0 Å². The molecule has 0 bridgehead atoms. The Morgan fingerprint density at radius 2 is 2.13 bits per heavy atom. The van der Waals surface area contributed by atoms with E-state index in [4.69, 9.17) is 16.5 Å². The van der Waals surface area contributed by atoms with E-state index in [1.807, 2.05) is 18.3 Å². The molecule has 2 aromatic rings. The van der Waals surface area contributed by atoms with Crippen LogP contribution in [0.2, 0.25) is 0 Å². The highest BCUT2D eigenvalue weighted by Gasteiger charge is 2.33. The van der Waals surface area contributed by atoms with Gasteiger partial charge >= 0.3 is 0 Å². The Labute approximate surface area is 181 Å². The van der Waals surface area contributed by atoms with Crippen molar-refractivity contribution in [1.29, 1.82) is 0 Å². The van der Waals surface area contributed by atoms with Gasteiger partial charge in [-0.15, -0.1) is 0 Å². The number of nitrogens with zero attached hydrogens (tertiary/aromatic N) is 4. The third-order valence-corrected chi connectivity index (χ3v) is 6.19. The van der Waals surface area contributed by atoms with Crippen molar-refractivity contribution in [3.8, 4) is 5.75 Å². The smallest absolute Gasteiger partial charge is 0.225 e. The van der Waals surface area contributed by atoms with Crippen molar-refractivity contribution < 1.29 is 5.11 Å². The predicted octanol–water partition coefficient (Wildman–Crippen LogP) is 0.0493. The largest absolute Gasteiger partial charge is 0.507 e. The number of para-hydroxylation sites is 1. The summed E-state index contributed by atoms with van der Waals surface area (Å²) in [6.07, 6.45) is 4.80. The highest BCUT2D eigenvalue weighted by atomic mass is 16.3. The Morgan fingerprint density at radius 1 is 1.26 bits per heavy atom. The van der Waals surface area contributed by atoms with E-state index in [-0.39, 0.29) is 11.8 Å². The number of benzene rings is 1. The number of anilines is 1. The Morgan fingerprint density at radius 3 is 3.00 bits per heavy atom. The topological polar surface area (TPSA) is 129 Å². The fourth-order valence-corrected chi connectivity index (χ4v) is 4.48. The molecule has 3 aliphatic heterocycles. The Balaban J connectivity index is 1.36. The number of fused-ring (bicyclic) bond motifs is 2. The second-order valence-corrected chi connectivity index (χ2v) is 8.16. The molecule has 31 heavy (non-hydrogen) atoms. The number of aromatic nitrogens is 2. The van der Waals surface area contributed by atoms with Crippen LogP contribution in [0.3, 0.4) is 0 Å². The quantitative estimate of drug-likeness (QED) is 0.468. The molecular weight excluding hydrogens is 392 g/mol. The van der Waals surface area contributed by atoms with E-state index >= 15 is 0 Å². The van der Waals surface area contributed by atoms with Crippen molar-refractivity contribution in [2.24, 2.45) is 11.5 Å². The van der Waals surface area contributed by atoms with Crippen LogP contribution in [-0.2, 0) is 13.0 Å². The summed E-state index contributed by atoms with van der Waals surface area (Å²) in [6, 6.07) is 7.26. The standard InChI is InChI=1S/C22H28N8O/c23-17(16-3-1-2-4-20(16)31)9-19-21(24)26-11-15-13-29(7-8-30(15)19)22-27-10-14-5-6-25-12-18(14)28-22/h1-4,9-10,15,25-26,31H,5-8,11-13,23-24H2/b17-9-.